The first kappa shape index (κ1) is 22.6. The van der Waals surface area contributed by atoms with Gasteiger partial charge in [0, 0.05) is 57.7 Å². The Morgan fingerprint density at radius 3 is 2.23 bits per heavy atom. The highest BCUT2D eigenvalue weighted by Gasteiger charge is 2.22. The molecule has 1 aliphatic rings. The van der Waals surface area contributed by atoms with Crippen molar-refractivity contribution in [3.05, 3.63) is 59.7 Å². The van der Waals surface area contributed by atoms with Crippen LogP contribution >= 0.6 is 0 Å². The number of benzene rings is 2. The number of carbonyl (C=O) groups is 2. The van der Waals surface area contributed by atoms with Crippen LogP contribution in [0.5, 0.6) is 0 Å². The standard InChI is InChI=1S/C24H33N5O2/c1-19-8-7-9-20(2)23(19)26-22(30)18-28-14-16-29(17-15-28)24(31)25-12-13-27(3)21-10-5-4-6-11-21/h4-11H,12-18H2,1-3H3,(H,25,31)(H,26,30). The molecule has 1 heterocycles. The molecule has 31 heavy (non-hydrogen) atoms. The van der Waals surface area contributed by atoms with E-state index in [2.05, 4.69) is 32.6 Å². The highest BCUT2D eigenvalue weighted by Crippen LogP contribution is 2.19. The number of para-hydroxylation sites is 2. The number of hydrogen-bond donors (Lipinski definition) is 2. The van der Waals surface area contributed by atoms with E-state index in [1.54, 1.807) is 0 Å². The Labute approximate surface area is 185 Å². The van der Waals surface area contributed by atoms with Crippen LogP contribution in [0.2, 0.25) is 0 Å². The third kappa shape index (κ3) is 6.46. The molecule has 0 unspecified atom stereocenters. The summed E-state index contributed by atoms with van der Waals surface area (Å²) in [6.45, 7) is 8.29. The van der Waals surface area contributed by atoms with E-state index in [-0.39, 0.29) is 11.9 Å². The first-order valence-electron chi connectivity index (χ1n) is 10.8. The average molecular weight is 424 g/mol. The molecule has 2 aromatic rings. The second-order valence-corrected chi connectivity index (χ2v) is 8.07. The summed E-state index contributed by atoms with van der Waals surface area (Å²) < 4.78 is 0. The van der Waals surface area contributed by atoms with Crippen molar-refractivity contribution in [3.8, 4) is 0 Å². The third-order valence-electron chi connectivity index (χ3n) is 5.69. The van der Waals surface area contributed by atoms with E-state index in [1.807, 2.05) is 62.2 Å². The van der Waals surface area contributed by atoms with Gasteiger partial charge >= 0.3 is 6.03 Å². The summed E-state index contributed by atoms with van der Waals surface area (Å²) in [4.78, 5) is 31.0. The number of nitrogens with zero attached hydrogens (tertiary/aromatic N) is 3. The van der Waals surface area contributed by atoms with Gasteiger partial charge in [0.2, 0.25) is 5.91 Å². The van der Waals surface area contributed by atoms with Crippen molar-refractivity contribution in [2.45, 2.75) is 13.8 Å². The normalized spacial score (nSPS) is 14.2. The molecule has 0 atom stereocenters. The van der Waals surface area contributed by atoms with Crippen molar-refractivity contribution >= 4 is 23.3 Å². The molecule has 7 heteroatoms. The summed E-state index contributed by atoms with van der Waals surface area (Å²) in [5.41, 5.74) is 4.15. The summed E-state index contributed by atoms with van der Waals surface area (Å²) in [6, 6.07) is 16.1. The van der Waals surface area contributed by atoms with Crippen LogP contribution in [0.3, 0.4) is 0 Å². The molecule has 2 aromatic carbocycles. The van der Waals surface area contributed by atoms with Gasteiger partial charge in [-0.05, 0) is 37.1 Å². The van der Waals surface area contributed by atoms with Crippen molar-refractivity contribution in [2.75, 3.05) is 63.1 Å². The Hall–Kier alpha value is -3.06. The summed E-state index contributed by atoms with van der Waals surface area (Å²) in [5.74, 6) is -0.0146. The fourth-order valence-corrected chi connectivity index (χ4v) is 3.76. The lowest BCUT2D eigenvalue weighted by Gasteiger charge is -2.34. The molecule has 3 amide bonds. The predicted octanol–water partition coefficient (Wildman–Crippen LogP) is 2.71. The van der Waals surface area contributed by atoms with Crippen LogP contribution in [0.4, 0.5) is 16.2 Å². The Kier molecular flexibility index (Phi) is 7.89. The summed E-state index contributed by atoms with van der Waals surface area (Å²) in [5, 5.41) is 6.03. The van der Waals surface area contributed by atoms with Crippen molar-refractivity contribution in [1.82, 2.24) is 15.1 Å². The van der Waals surface area contributed by atoms with Crippen LogP contribution in [0, 0.1) is 13.8 Å². The SMILES string of the molecule is Cc1cccc(C)c1NC(=O)CN1CCN(C(=O)NCCN(C)c2ccccc2)CC1. The zero-order valence-corrected chi connectivity index (χ0v) is 18.7. The molecule has 1 fully saturated rings. The average Bonchev–Trinajstić information content (AvgIpc) is 2.77. The lowest BCUT2D eigenvalue weighted by atomic mass is 10.1. The van der Waals surface area contributed by atoms with Crippen molar-refractivity contribution in [2.24, 2.45) is 0 Å². The van der Waals surface area contributed by atoms with Crippen LogP contribution in [0.25, 0.3) is 0 Å². The van der Waals surface area contributed by atoms with Crippen LogP contribution in [0.1, 0.15) is 11.1 Å². The van der Waals surface area contributed by atoms with Crippen molar-refractivity contribution in [1.29, 1.82) is 0 Å². The molecule has 3 rings (SSSR count). The first-order chi connectivity index (χ1) is 14.9. The van der Waals surface area contributed by atoms with Gasteiger partial charge in [0.05, 0.1) is 6.54 Å². The summed E-state index contributed by atoms with van der Waals surface area (Å²) in [6.07, 6.45) is 0. The summed E-state index contributed by atoms with van der Waals surface area (Å²) >= 11 is 0. The van der Waals surface area contributed by atoms with E-state index >= 15 is 0 Å². The van der Waals surface area contributed by atoms with Gasteiger partial charge in [0.15, 0.2) is 0 Å². The number of anilines is 2. The van der Waals surface area contributed by atoms with E-state index in [9.17, 15) is 9.59 Å². The monoisotopic (exact) mass is 423 g/mol. The Bertz CT molecular complexity index is 859. The van der Waals surface area contributed by atoms with E-state index in [0.717, 1.165) is 29.0 Å². The van der Waals surface area contributed by atoms with Gasteiger partial charge in [-0.3, -0.25) is 9.69 Å². The van der Waals surface area contributed by atoms with Gasteiger partial charge in [0.25, 0.3) is 0 Å². The first-order valence-corrected chi connectivity index (χ1v) is 10.8. The maximum atomic E-state index is 12.5. The molecule has 7 nitrogen and oxygen atoms in total. The number of aryl methyl sites for hydroxylation is 2. The molecule has 1 aliphatic heterocycles. The molecule has 166 valence electrons. The molecule has 0 aromatic heterocycles. The Morgan fingerprint density at radius 2 is 1.58 bits per heavy atom. The lowest BCUT2D eigenvalue weighted by Crippen LogP contribution is -2.53. The van der Waals surface area contributed by atoms with Gasteiger partial charge in [-0.1, -0.05) is 36.4 Å². The van der Waals surface area contributed by atoms with Gasteiger partial charge in [-0.25, -0.2) is 4.79 Å². The number of carbonyl (C=O) groups excluding carboxylic acids is 2. The minimum absolute atomic E-state index is 0.0146. The van der Waals surface area contributed by atoms with Gasteiger partial charge < -0.3 is 20.4 Å². The third-order valence-corrected chi connectivity index (χ3v) is 5.69. The van der Waals surface area contributed by atoms with E-state index in [1.165, 1.54) is 0 Å². The molecular weight excluding hydrogens is 390 g/mol. The number of piperazine rings is 1. The van der Waals surface area contributed by atoms with E-state index in [4.69, 9.17) is 0 Å². The van der Waals surface area contributed by atoms with Crippen molar-refractivity contribution in [3.63, 3.8) is 0 Å². The molecule has 0 saturated carbocycles. The number of amides is 3. The quantitative estimate of drug-likeness (QED) is 0.719. The zero-order chi connectivity index (χ0) is 22.2. The van der Waals surface area contributed by atoms with Crippen LogP contribution in [-0.2, 0) is 4.79 Å². The van der Waals surface area contributed by atoms with Gasteiger partial charge in [-0.15, -0.1) is 0 Å². The minimum Gasteiger partial charge on any atom is -0.373 e. The zero-order valence-electron chi connectivity index (χ0n) is 18.7. The molecule has 1 saturated heterocycles. The van der Waals surface area contributed by atoms with Crippen molar-refractivity contribution < 1.29 is 9.59 Å². The summed E-state index contributed by atoms with van der Waals surface area (Å²) in [7, 11) is 2.02. The number of hydrogen-bond acceptors (Lipinski definition) is 4. The van der Waals surface area contributed by atoms with Crippen LogP contribution in [0.15, 0.2) is 48.5 Å². The fourth-order valence-electron chi connectivity index (χ4n) is 3.76. The molecular formula is C24H33N5O2. The molecule has 0 aliphatic carbocycles. The number of rotatable bonds is 7. The highest BCUT2D eigenvalue weighted by molar-refractivity contribution is 5.93. The minimum atomic E-state index is -0.0406. The molecule has 0 spiro atoms. The maximum Gasteiger partial charge on any atom is 0.317 e. The number of likely N-dealkylation sites (N-methyl/N-ethyl adjacent to an activating group) is 1. The molecule has 0 radical (unpaired) electrons. The van der Waals surface area contributed by atoms with Gasteiger partial charge in [0.1, 0.15) is 0 Å². The topological polar surface area (TPSA) is 67.9 Å². The smallest absolute Gasteiger partial charge is 0.317 e. The lowest BCUT2D eigenvalue weighted by molar-refractivity contribution is -0.117. The highest BCUT2D eigenvalue weighted by atomic mass is 16.2. The second kappa shape index (κ2) is 10.8. The maximum absolute atomic E-state index is 12.5. The molecule has 2 N–H and O–H groups in total. The largest absolute Gasteiger partial charge is 0.373 e. The van der Waals surface area contributed by atoms with E-state index in [0.29, 0.717) is 39.3 Å². The number of nitrogens with one attached hydrogen (secondary N) is 2. The van der Waals surface area contributed by atoms with Crippen LogP contribution < -0.4 is 15.5 Å². The Morgan fingerprint density at radius 1 is 0.935 bits per heavy atom. The van der Waals surface area contributed by atoms with E-state index < -0.39 is 0 Å². The Balaban J connectivity index is 1.37. The predicted molar refractivity (Wildman–Crippen MR) is 126 cm³/mol. The number of urea groups is 1. The second-order valence-electron chi connectivity index (χ2n) is 8.07. The van der Waals surface area contributed by atoms with Gasteiger partial charge in [-0.2, -0.15) is 0 Å². The fraction of sp³-hybridized carbons (Fsp3) is 0.417. The molecule has 0 bridgehead atoms. The van der Waals surface area contributed by atoms with Crippen LogP contribution in [-0.4, -0.2) is 74.6 Å².